The molecule has 0 radical (unpaired) electrons. The molecule has 8 fully saturated rings. The summed E-state index contributed by atoms with van der Waals surface area (Å²) >= 11 is 0.551. The lowest BCUT2D eigenvalue weighted by atomic mass is 9.15. The molecule has 8 saturated carbocycles. The molecule has 0 aliphatic heterocycles. The first-order chi connectivity index (χ1) is 16.8. The molecule has 8 aliphatic rings. The number of carbonyl (C=O) groups excluding carboxylic acids is 2. The Balaban J connectivity index is 1.03. The topological polar surface area (TPSA) is 72.8 Å². The Morgan fingerprint density at radius 2 is 1.26 bits per heavy atom. The Bertz CT molecular complexity index is 1110. The Kier molecular flexibility index (Phi) is 4.10. The third-order valence-corrected chi connectivity index (χ3v) is 12.9. The standard InChI is InChI=1S/C29H34O5S/c1-27(18-4-14-3-15(6-18)7-19(27)5-14)33-25(30)16-8-17(10-22(9-16)35-32)26(31)34-28(2)23-12-20-11-21-13-24(28)29(20,21)23/h8-10,14-15,18-21,23-24,32H,3-7,11-13H2,1-2H3. The summed E-state index contributed by atoms with van der Waals surface area (Å²) < 4.78 is 22.3. The van der Waals surface area contributed by atoms with Gasteiger partial charge in [0.15, 0.2) is 0 Å². The molecule has 8 aliphatic carbocycles. The van der Waals surface area contributed by atoms with Crippen molar-refractivity contribution in [3.8, 4) is 0 Å². The molecule has 1 aromatic rings. The van der Waals surface area contributed by atoms with Crippen molar-refractivity contribution in [1.82, 2.24) is 0 Å². The molecular weight excluding hydrogens is 460 g/mol. The van der Waals surface area contributed by atoms with Gasteiger partial charge in [-0.2, -0.15) is 0 Å². The molecule has 0 saturated heterocycles. The van der Waals surface area contributed by atoms with Gasteiger partial charge in [0.05, 0.1) is 11.1 Å². The average Bonchev–Trinajstić information content (AvgIpc) is 2.79. The molecule has 0 amide bonds. The molecule has 186 valence electrons. The highest BCUT2D eigenvalue weighted by Crippen LogP contribution is 2.90. The van der Waals surface area contributed by atoms with Crippen molar-refractivity contribution >= 4 is 24.0 Å². The normalized spacial score (nSPS) is 51.1. The van der Waals surface area contributed by atoms with Gasteiger partial charge in [-0.25, -0.2) is 9.59 Å². The molecular formula is C29H34O5S. The molecule has 4 bridgehead atoms. The molecule has 0 aromatic heterocycles. The first-order valence-corrected chi connectivity index (χ1v) is 14.5. The van der Waals surface area contributed by atoms with Crippen LogP contribution in [0.2, 0.25) is 0 Å². The molecule has 35 heavy (non-hydrogen) atoms. The van der Waals surface area contributed by atoms with Crippen molar-refractivity contribution in [3.05, 3.63) is 29.3 Å². The predicted octanol–water partition coefficient (Wildman–Crippen LogP) is 6.21. The fraction of sp³-hybridized carbons (Fsp3) is 0.724. The SMILES string of the molecule is CC1(OC(=O)c2cc(SO)cc(C(=O)OC3(C)C4CC5CC6CC3C564)c2)C2CC3CC(C2)CC1C3. The third kappa shape index (κ3) is 2.47. The lowest BCUT2D eigenvalue weighted by Crippen LogP contribution is -2.90. The summed E-state index contributed by atoms with van der Waals surface area (Å²) in [5.74, 6) is 4.39. The maximum Gasteiger partial charge on any atom is 0.338 e. The summed E-state index contributed by atoms with van der Waals surface area (Å²) in [6, 6.07) is 4.87. The summed E-state index contributed by atoms with van der Waals surface area (Å²) in [5, 5.41) is 0. The van der Waals surface area contributed by atoms with Crippen LogP contribution in [0.4, 0.5) is 0 Å². The molecule has 1 aromatic carbocycles. The highest BCUT2D eigenvalue weighted by molar-refractivity contribution is 7.93. The van der Waals surface area contributed by atoms with Crippen LogP contribution in [-0.2, 0) is 9.47 Å². The van der Waals surface area contributed by atoms with Crippen LogP contribution in [0.15, 0.2) is 23.1 Å². The van der Waals surface area contributed by atoms with E-state index >= 15 is 0 Å². The zero-order valence-electron chi connectivity index (χ0n) is 20.5. The van der Waals surface area contributed by atoms with Crippen LogP contribution in [0.1, 0.15) is 85.9 Å². The van der Waals surface area contributed by atoms with Gasteiger partial charge in [0, 0.05) is 28.8 Å². The summed E-state index contributed by atoms with van der Waals surface area (Å²) in [6.07, 6.45) is 9.72. The van der Waals surface area contributed by atoms with E-state index in [-0.39, 0.29) is 11.6 Å². The molecule has 0 heterocycles. The van der Waals surface area contributed by atoms with Crippen LogP contribution in [0.5, 0.6) is 0 Å². The predicted molar refractivity (Wildman–Crippen MR) is 130 cm³/mol. The lowest BCUT2D eigenvalue weighted by Gasteiger charge is -2.90. The molecule has 1 spiro atoms. The minimum Gasteiger partial charge on any atom is -0.455 e. The number of hydrogen-bond donors (Lipinski definition) is 1. The second-order valence-corrected chi connectivity index (χ2v) is 14.1. The van der Waals surface area contributed by atoms with Crippen LogP contribution < -0.4 is 0 Å². The molecule has 4 unspecified atom stereocenters. The Hall–Kier alpha value is -1.53. The highest BCUT2D eigenvalue weighted by Gasteiger charge is 2.89. The minimum absolute atomic E-state index is 0.327. The van der Waals surface area contributed by atoms with E-state index in [1.54, 1.807) is 18.2 Å². The van der Waals surface area contributed by atoms with Crippen LogP contribution in [0.3, 0.4) is 0 Å². The zero-order valence-corrected chi connectivity index (χ0v) is 21.3. The van der Waals surface area contributed by atoms with Crippen molar-refractivity contribution < 1.29 is 23.6 Å². The van der Waals surface area contributed by atoms with Gasteiger partial charge in [0.2, 0.25) is 0 Å². The minimum atomic E-state index is -0.439. The number of benzene rings is 1. The van der Waals surface area contributed by atoms with Gasteiger partial charge >= 0.3 is 11.9 Å². The number of ether oxygens (including phenoxy) is 2. The Morgan fingerprint density at radius 3 is 1.74 bits per heavy atom. The van der Waals surface area contributed by atoms with Gasteiger partial charge in [-0.05, 0) is 124 Å². The van der Waals surface area contributed by atoms with E-state index in [9.17, 15) is 14.1 Å². The number of rotatable bonds is 5. The molecule has 6 heteroatoms. The van der Waals surface area contributed by atoms with E-state index in [0.29, 0.717) is 57.2 Å². The maximum absolute atomic E-state index is 13.4. The largest absolute Gasteiger partial charge is 0.455 e. The van der Waals surface area contributed by atoms with Gasteiger partial charge in [-0.1, -0.05) is 0 Å². The van der Waals surface area contributed by atoms with Crippen LogP contribution in [-0.4, -0.2) is 27.7 Å². The van der Waals surface area contributed by atoms with Crippen molar-refractivity contribution in [3.63, 3.8) is 0 Å². The van der Waals surface area contributed by atoms with Crippen molar-refractivity contribution in [1.29, 1.82) is 0 Å². The average molecular weight is 495 g/mol. The Morgan fingerprint density at radius 1 is 0.743 bits per heavy atom. The fourth-order valence-electron chi connectivity index (χ4n) is 11.0. The van der Waals surface area contributed by atoms with E-state index in [1.165, 1.54) is 25.7 Å². The van der Waals surface area contributed by atoms with E-state index in [2.05, 4.69) is 13.8 Å². The lowest BCUT2D eigenvalue weighted by molar-refractivity contribution is -0.453. The first-order valence-electron chi connectivity index (χ1n) is 13.7. The van der Waals surface area contributed by atoms with Gasteiger partial charge in [0.25, 0.3) is 0 Å². The smallest absolute Gasteiger partial charge is 0.338 e. The fourth-order valence-corrected chi connectivity index (χ4v) is 11.4. The molecule has 1 N–H and O–H groups in total. The van der Waals surface area contributed by atoms with Crippen LogP contribution in [0.25, 0.3) is 0 Å². The van der Waals surface area contributed by atoms with Gasteiger partial charge in [-0.15, -0.1) is 0 Å². The van der Waals surface area contributed by atoms with Crippen molar-refractivity contribution in [2.24, 2.45) is 52.8 Å². The second-order valence-electron chi connectivity index (χ2n) is 13.5. The molecule has 9 rings (SSSR count). The number of esters is 2. The molecule has 4 atom stereocenters. The van der Waals surface area contributed by atoms with Crippen molar-refractivity contribution in [2.45, 2.75) is 81.3 Å². The summed E-state index contributed by atoms with van der Waals surface area (Å²) in [7, 11) is 0. The first kappa shape index (κ1) is 21.5. The van der Waals surface area contributed by atoms with Crippen LogP contribution in [0, 0.1) is 52.8 Å². The van der Waals surface area contributed by atoms with E-state index < -0.39 is 11.6 Å². The van der Waals surface area contributed by atoms with Gasteiger partial charge in [-0.3, -0.25) is 0 Å². The number of carbonyl (C=O) groups is 2. The maximum atomic E-state index is 13.4. The summed E-state index contributed by atoms with van der Waals surface area (Å²) in [5.41, 5.74) is 0.329. The third-order valence-electron chi connectivity index (χ3n) is 12.5. The Labute approximate surface area is 210 Å². The van der Waals surface area contributed by atoms with Gasteiger partial charge < -0.3 is 14.0 Å². The quantitative estimate of drug-likeness (QED) is 0.387. The number of hydrogen-bond acceptors (Lipinski definition) is 6. The second kappa shape index (κ2) is 6.66. The van der Waals surface area contributed by atoms with E-state index in [0.717, 1.165) is 49.4 Å². The molecule has 5 nitrogen and oxygen atoms in total. The van der Waals surface area contributed by atoms with Gasteiger partial charge in [0.1, 0.15) is 11.2 Å². The summed E-state index contributed by atoms with van der Waals surface area (Å²) in [4.78, 5) is 27.2. The highest BCUT2D eigenvalue weighted by atomic mass is 32.2. The van der Waals surface area contributed by atoms with Crippen LogP contribution >= 0.6 is 12.0 Å². The zero-order chi connectivity index (χ0) is 23.9. The summed E-state index contributed by atoms with van der Waals surface area (Å²) in [6.45, 7) is 4.24. The van der Waals surface area contributed by atoms with E-state index in [4.69, 9.17) is 9.47 Å². The van der Waals surface area contributed by atoms with Crippen molar-refractivity contribution in [2.75, 3.05) is 0 Å². The monoisotopic (exact) mass is 494 g/mol. The van der Waals surface area contributed by atoms with E-state index in [1.807, 2.05) is 0 Å².